The van der Waals surface area contributed by atoms with Crippen molar-refractivity contribution in [3.63, 3.8) is 0 Å². The lowest BCUT2D eigenvalue weighted by atomic mass is 10.0. The van der Waals surface area contributed by atoms with Gasteiger partial charge < -0.3 is 10.4 Å². The van der Waals surface area contributed by atoms with E-state index in [-0.39, 0.29) is 6.04 Å². The lowest BCUT2D eigenvalue weighted by Crippen LogP contribution is -2.39. The van der Waals surface area contributed by atoms with Crippen LogP contribution in [-0.4, -0.2) is 31.5 Å². The Labute approximate surface area is 106 Å². The highest BCUT2D eigenvalue weighted by atomic mass is 16.3. The Balaban J connectivity index is 2.29. The van der Waals surface area contributed by atoms with Crippen LogP contribution >= 0.6 is 0 Å². The molecule has 1 aromatic carbocycles. The van der Waals surface area contributed by atoms with Gasteiger partial charge in [0.05, 0.1) is 23.0 Å². The number of hydrogen-bond acceptors (Lipinski definition) is 4. The molecule has 1 atom stereocenters. The van der Waals surface area contributed by atoms with Gasteiger partial charge in [0.25, 0.3) is 0 Å². The Hall–Kier alpha value is -1.88. The molecule has 96 valence electrons. The van der Waals surface area contributed by atoms with E-state index in [1.165, 1.54) is 6.33 Å². The largest absolute Gasteiger partial charge is 0.388 e. The number of benzene rings is 1. The van der Waals surface area contributed by atoms with Crippen LogP contribution in [0.4, 0.5) is 5.69 Å². The van der Waals surface area contributed by atoms with Gasteiger partial charge in [0.1, 0.15) is 12.7 Å². The highest BCUT2D eigenvalue weighted by Gasteiger charge is 2.22. The van der Waals surface area contributed by atoms with E-state index in [4.69, 9.17) is 0 Å². The van der Waals surface area contributed by atoms with E-state index in [2.05, 4.69) is 15.4 Å². The van der Waals surface area contributed by atoms with Crippen molar-refractivity contribution in [2.45, 2.75) is 32.4 Å². The number of nitrogens with zero attached hydrogens (tertiary/aromatic N) is 3. The zero-order valence-corrected chi connectivity index (χ0v) is 10.8. The first-order valence-electron chi connectivity index (χ1n) is 5.91. The summed E-state index contributed by atoms with van der Waals surface area (Å²) >= 11 is 0. The predicted molar refractivity (Wildman–Crippen MR) is 70.7 cm³/mol. The number of rotatable bonds is 4. The minimum Gasteiger partial charge on any atom is -0.388 e. The standard InChI is InChI=1S/C13H18N4O/c1-10(13(2,3)18)16-11-6-4-5-7-12(11)17-9-14-8-15-17/h4-10,16,18H,1-3H3. The summed E-state index contributed by atoms with van der Waals surface area (Å²) in [5, 5.41) is 17.4. The molecule has 1 heterocycles. The van der Waals surface area contributed by atoms with Crippen LogP contribution in [0.3, 0.4) is 0 Å². The summed E-state index contributed by atoms with van der Waals surface area (Å²) < 4.78 is 1.69. The second-order valence-corrected chi connectivity index (χ2v) is 4.88. The van der Waals surface area contributed by atoms with E-state index < -0.39 is 5.60 Å². The van der Waals surface area contributed by atoms with Crippen LogP contribution in [0.15, 0.2) is 36.9 Å². The van der Waals surface area contributed by atoms with Crippen LogP contribution < -0.4 is 5.32 Å². The Bertz CT molecular complexity index is 502. The first-order chi connectivity index (χ1) is 8.48. The molecular formula is C13H18N4O. The van der Waals surface area contributed by atoms with Crippen LogP contribution in [-0.2, 0) is 0 Å². The van der Waals surface area contributed by atoms with Crippen LogP contribution in [0, 0.1) is 0 Å². The lowest BCUT2D eigenvalue weighted by Gasteiger charge is -2.28. The van der Waals surface area contributed by atoms with Gasteiger partial charge in [-0.05, 0) is 32.9 Å². The molecule has 0 bridgehead atoms. The van der Waals surface area contributed by atoms with Gasteiger partial charge in [-0.2, -0.15) is 5.10 Å². The summed E-state index contributed by atoms with van der Waals surface area (Å²) in [6.45, 7) is 5.50. The molecule has 0 radical (unpaired) electrons. The maximum atomic E-state index is 9.97. The Morgan fingerprint density at radius 1 is 1.33 bits per heavy atom. The van der Waals surface area contributed by atoms with Crippen LogP contribution in [0.1, 0.15) is 20.8 Å². The fraction of sp³-hybridized carbons (Fsp3) is 0.385. The quantitative estimate of drug-likeness (QED) is 0.864. The summed E-state index contributed by atoms with van der Waals surface area (Å²) in [5.74, 6) is 0. The van der Waals surface area contributed by atoms with Crippen molar-refractivity contribution in [3.05, 3.63) is 36.9 Å². The van der Waals surface area contributed by atoms with Gasteiger partial charge in [0.2, 0.25) is 0 Å². The Morgan fingerprint density at radius 2 is 2.06 bits per heavy atom. The highest BCUT2D eigenvalue weighted by molar-refractivity contribution is 5.61. The van der Waals surface area contributed by atoms with Gasteiger partial charge in [0.15, 0.2) is 0 Å². The number of hydrogen-bond donors (Lipinski definition) is 2. The number of nitrogens with one attached hydrogen (secondary N) is 1. The third kappa shape index (κ3) is 2.68. The topological polar surface area (TPSA) is 63.0 Å². The molecule has 1 unspecified atom stereocenters. The van der Waals surface area contributed by atoms with Crippen LogP contribution in [0.25, 0.3) is 5.69 Å². The molecule has 0 saturated heterocycles. The molecule has 2 rings (SSSR count). The van der Waals surface area contributed by atoms with E-state index in [9.17, 15) is 5.11 Å². The van der Waals surface area contributed by atoms with E-state index in [1.807, 2.05) is 31.2 Å². The molecule has 5 heteroatoms. The molecule has 0 spiro atoms. The summed E-state index contributed by atoms with van der Waals surface area (Å²) in [6.07, 6.45) is 3.14. The molecule has 0 amide bonds. The predicted octanol–water partition coefficient (Wildman–Crippen LogP) is 1.84. The number of aliphatic hydroxyl groups is 1. The normalized spacial score (nSPS) is 13.3. The molecule has 2 N–H and O–H groups in total. The molecule has 1 aromatic heterocycles. The molecule has 0 aliphatic rings. The van der Waals surface area contributed by atoms with Gasteiger partial charge in [-0.1, -0.05) is 12.1 Å². The van der Waals surface area contributed by atoms with Crippen molar-refractivity contribution in [1.29, 1.82) is 0 Å². The van der Waals surface area contributed by atoms with Crippen molar-refractivity contribution in [3.8, 4) is 5.69 Å². The number of anilines is 1. The number of aromatic nitrogens is 3. The minimum absolute atomic E-state index is 0.0813. The fourth-order valence-electron chi connectivity index (χ4n) is 1.54. The van der Waals surface area contributed by atoms with E-state index >= 15 is 0 Å². The third-order valence-electron chi connectivity index (χ3n) is 3.00. The Morgan fingerprint density at radius 3 is 2.67 bits per heavy atom. The zero-order chi connectivity index (χ0) is 13.2. The molecule has 0 fully saturated rings. The minimum atomic E-state index is -0.796. The van der Waals surface area contributed by atoms with Crippen LogP contribution in [0.5, 0.6) is 0 Å². The van der Waals surface area contributed by atoms with E-state index in [1.54, 1.807) is 24.9 Å². The maximum Gasteiger partial charge on any atom is 0.138 e. The maximum absolute atomic E-state index is 9.97. The second-order valence-electron chi connectivity index (χ2n) is 4.88. The van der Waals surface area contributed by atoms with Gasteiger partial charge >= 0.3 is 0 Å². The molecule has 2 aromatic rings. The van der Waals surface area contributed by atoms with Crippen molar-refractivity contribution in [2.75, 3.05) is 5.32 Å². The van der Waals surface area contributed by atoms with Gasteiger partial charge in [-0.3, -0.25) is 0 Å². The average Bonchev–Trinajstić information content (AvgIpc) is 2.82. The monoisotopic (exact) mass is 246 g/mol. The summed E-state index contributed by atoms with van der Waals surface area (Å²) in [5.41, 5.74) is 1.03. The molecule has 0 aliphatic heterocycles. The molecular weight excluding hydrogens is 228 g/mol. The molecule has 18 heavy (non-hydrogen) atoms. The van der Waals surface area contributed by atoms with Crippen molar-refractivity contribution >= 4 is 5.69 Å². The smallest absolute Gasteiger partial charge is 0.138 e. The zero-order valence-electron chi connectivity index (χ0n) is 10.8. The highest BCUT2D eigenvalue weighted by Crippen LogP contribution is 2.22. The lowest BCUT2D eigenvalue weighted by molar-refractivity contribution is 0.0649. The second kappa shape index (κ2) is 4.78. The Kier molecular flexibility index (Phi) is 3.34. The fourth-order valence-corrected chi connectivity index (χ4v) is 1.54. The van der Waals surface area contributed by atoms with E-state index in [0.717, 1.165) is 11.4 Å². The molecule has 5 nitrogen and oxygen atoms in total. The first-order valence-corrected chi connectivity index (χ1v) is 5.91. The SMILES string of the molecule is CC(Nc1ccccc1-n1cncn1)C(C)(C)O. The van der Waals surface area contributed by atoms with Crippen molar-refractivity contribution in [2.24, 2.45) is 0 Å². The summed E-state index contributed by atoms with van der Waals surface area (Å²) in [4.78, 5) is 3.94. The van der Waals surface area contributed by atoms with Crippen LogP contribution in [0.2, 0.25) is 0 Å². The van der Waals surface area contributed by atoms with Gasteiger partial charge in [0, 0.05) is 0 Å². The van der Waals surface area contributed by atoms with Crippen molar-refractivity contribution in [1.82, 2.24) is 14.8 Å². The molecule has 0 saturated carbocycles. The third-order valence-corrected chi connectivity index (χ3v) is 3.00. The van der Waals surface area contributed by atoms with Crippen molar-refractivity contribution < 1.29 is 5.11 Å². The summed E-state index contributed by atoms with van der Waals surface area (Å²) in [6, 6.07) is 7.71. The van der Waals surface area contributed by atoms with Gasteiger partial charge in [-0.15, -0.1) is 0 Å². The van der Waals surface area contributed by atoms with E-state index in [0.29, 0.717) is 0 Å². The molecule has 0 aliphatic carbocycles. The first kappa shape index (κ1) is 12.6. The summed E-state index contributed by atoms with van der Waals surface area (Å²) in [7, 11) is 0. The number of para-hydroxylation sites is 2. The van der Waals surface area contributed by atoms with Gasteiger partial charge in [-0.25, -0.2) is 9.67 Å². The average molecular weight is 246 g/mol.